The van der Waals surface area contributed by atoms with Gasteiger partial charge in [-0.3, -0.25) is 0 Å². The van der Waals surface area contributed by atoms with E-state index in [1.807, 2.05) is 12.1 Å². The van der Waals surface area contributed by atoms with E-state index in [9.17, 15) is 0 Å². The van der Waals surface area contributed by atoms with Crippen molar-refractivity contribution in [2.75, 3.05) is 6.61 Å². The maximum atomic E-state index is 5.85. The number of ether oxygens (including phenoxy) is 1. The van der Waals surface area contributed by atoms with E-state index in [0.717, 1.165) is 14.9 Å². The van der Waals surface area contributed by atoms with E-state index in [2.05, 4.69) is 22.6 Å². The van der Waals surface area contributed by atoms with Gasteiger partial charge in [0, 0.05) is 14.2 Å². The molecule has 64 valence electrons. The molecule has 1 aromatic rings. The molecule has 0 unspecified atom stereocenters. The molecule has 0 bridgehead atoms. The second-order valence-electron chi connectivity index (χ2n) is 2.72. The zero-order chi connectivity index (χ0) is 8.72. The molecule has 2 rings (SSSR count). The van der Waals surface area contributed by atoms with Crippen LogP contribution in [-0.2, 0) is 0 Å². The fourth-order valence-corrected chi connectivity index (χ4v) is 2.70. The van der Waals surface area contributed by atoms with E-state index in [4.69, 9.17) is 22.1 Å². The number of halogens is 2. The number of fused-ring (bicyclic) bond motifs is 1. The summed E-state index contributed by atoms with van der Waals surface area (Å²) in [5.41, 5.74) is 6.91. The van der Waals surface area contributed by atoms with Crippen LogP contribution < -0.4 is 10.5 Å². The lowest BCUT2D eigenvalue weighted by Gasteiger charge is -2.03. The Hall–Kier alpha value is -0.000000000000000111. The highest BCUT2D eigenvalue weighted by molar-refractivity contribution is 14.1. The van der Waals surface area contributed by atoms with Crippen molar-refractivity contribution in [1.29, 1.82) is 0 Å². The Morgan fingerprint density at radius 3 is 3.08 bits per heavy atom. The Labute approximate surface area is 89.2 Å². The highest BCUT2D eigenvalue weighted by Crippen LogP contribution is 2.36. The van der Waals surface area contributed by atoms with Crippen LogP contribution in [0.4, 0.5) is 0 Å². The SMILES string of the molecule is N[C@H]1COc2cc(Cl)cc(I)c21. The first-order chi connectivity index (χ1) is 5.68. The van der Waals surface area contributed by atoms with Crippen LogP contribution in [0.25, 0.3) is 0 Å². The minimum atomic E-state index is 0.00386. The van der Waals surface area contributed by atoms with Gasteiger partial charge in [-0.25, -0.2) is 0 Å². The Morgan fingerprint density at radius 1 is 1.58 bits per heavy atom. The molecule has 0 fully saturated rings. The third-order valence-electron chi connectivity index (χ3n) is 1.85. The van der Waals surface area contributed by atoms with Gasteiger partial charge in [-0.05, 0) is 34.7 Å². The van der Waals surface area contributed by atoms with Crippen molar-refractivity contribution < 1.29 is 4.74 Å². The number of hydrogen-bond donors (Lipinski definition) is 1. The molecule has 1 atom stereocenters. The van der Waals surface area contributed by atoms with Gasteiger partial charge in [0.2, 0.25) is 0 Å². The van der Waals surface area contributed by atoms with Gasteiger partial charge in [-0.15, -0.1) is 0 Å². The molecule has 0 saturated carbocycles. The van der Waals surface area contributed by atoms with Crippen molar-refractivity contribution in [3.63, 3.8) is 0 Å². The molecule has 1 heterocycles. The van der Waals surface area contributed by atoms with Crippen LogP contribution in [0.2, 0.25) is 5.02 Å². The van der Waals surface area contributed by atoms with Crippen LogP contribution in [0.15, 0.2) is 12.1 Å². The Bertz CT molecular complexity index is 329. The smallest absolute Gasteiger partial charge is 0.126 e. The Balaban J connectivity index is 2.60. The zero-order valence-electron chi connectivity index (χ0n) is 6.18. The average molecular weight is 296 g/mol. The van der Waals surface area contributed by atoms with Crippen LogP contribution >= 0.6 is 34.2 Å². The molecule has 0 aromatic heterocycles. The van der Waals surface area contributed by atoms with Gasteiger partial charge in [-0.1, -0.05) is 11.6 Å². The molecule has 4 heteroatoms. The van der Waals surface area contributed by atoms with Gasteiger partial charge in [0.05, 0.1) is 6.04 Å². The van der Waals surface area contributed by atoms with Gasteiger partial charge in [0.1, 0.15) is 12.4 Å². The number of benzene rings is 1. The van der Waals surface area contributed by atoms with Gasteiger partial charge in [0.25, 0.3) is 0 Å². The van der Waals surface area contributed by atoms with Crippen LogP contribution in [0.3, 0.4) is 0 Å². The van der Waals surface area contributed by atoms with E-state index in [1.165, 1.54) is 0 Å². The molecule has 2 N–H and O–H groups in total. The first-order valence-corrected chi connectivity index (χ1v) is 5.01. The molecule has 1 aliphatic heterocycles. The number of rotatable bonds is 0. The monoisotopic (exact) mass is 295 g/mol. The summed E-state index contributed by atoms with van der Waals surface area (Å²) in [6, 6.07) is 3.71. The Morgan fingerprint density at radius 2 is 2.33 bits per heavy atom. The summed E-state index contributed by atoms with van der Waals surface area (Å²) in [5, 5.41) is 0.701. The third kappa shape index (κ3) is 1.30. The summed E-state index contributed by atoms with van der Waals surface area (Å²) < 4.78 is 6.44. The molecule has 2 nitrogen and oxygen atoms in total. The molecular weight excluding hydrogens is 288 g/mol. The maximum Gasteiger partial charge on any atom is 0.126 e. The lowest BCUT2D eigenvalue weighted by Crippen LogP contribution is -2.11. The standard InChI is InChI=1S/C8H7ClINO/c9-4-1-5(10)8-6(11)3-12-7(8)2-4/h1-2,6H,3,11H2/t6-/m0/s1. The van der Waals surface area contributed by atoms with Crippen molar-refractivity contribution >= 4 is 34.2 Å². The van der Waals surface area contributed by atoms with Gasteiger partial charge in [0.15, 0.2) is 0 Å². The summed E-state index contributed by atoms with van der Waals surface area (Å²) in [7, 11) is 0. The van der Waals surface area contributed by atoms with Gasteiger partial charge >= 0.3 is 0 Å². The van der Waals surface area contributed by atoms with Crippen molar-refractivity contribution in [2.24, 2.45) is 5.73 Å². The molecule has 0 spiro atoms. The van der Waals surface area contributed by atoms with Crippen LogP contribution in [0.1, 0.15) is 11.6 Å². The zero-order valence-corrected chi connectivity index (χ0v) is 9.09. The fraction of sp³-hybridized carbons (Fsp3) is 0.250. The largest absolute Gasteiger partial charge is 0.491 e. The molecular formula is C8H7ClINO. The Kier molecular flexibility index (Phi) is 2.18. The lowest BCUT2D eigenvalue weighted by molar-refractivity contribution is 0.333. The maximum absolute atomic E-state index is 5.85. The topological polar surface area (TPSA) is 35.2 Å². The highest BCUT2D eigenvalue weighted by Gasteiger charge is 2.23. The number of hydrogen-bond acceptors (Lipinski definition) is 2. The molecule has 0 aliphatic carbocycles. The van der Waals surface area contributed by atoms with Crippen molar-refractivity contribution in [2.45, 2.75) is 6.04 Å². The van der Waals surface area contributed by atoms with E-state index in [0.29, 0.717) is 11.6 Å². The minimum absolute atomic E-state index is 0.00386. The summed E-state index contributed by atoms with van der Waals surface area (Å²) in [6.45, 7) is 0.561. The summed E-state index contributed by atoms with van der Waals surface area (Å²) in [6.07, 6.45) is 0. The quantitative estimate of drug-likeness (QED) is 0.746. The van der Waals surface area contributed by atoms with Gasteiger partial charge < -0.3 is 10.5 Å². The normalized spacial score (nSPS) is 20.4. The first kappa shape index (κ1) is 8.59. The van der Waals surface area contributed by atoms with E-state index in [1.54, 1.807) is 0 Å². The van der Waals surface area contributed by atoms with Crippen LogP contribution in [0, 0.1) is 3.57 Å². The lowest BCUT2D eigenvalue weighted by atomic mass is 10.1. The van der Waals surface area contributed by atoms with Crippen molar-refractivity contribution in [3.05, 3.63) is 26.3 Å². The molecule has 0 radical (unpaired) electrons. The first-order valence-electron chi connectivity index (χ1n) is 3.56. The molecule has 0 saturated heterocycles. The second-order valence-corrected chi connectivity index (χ2v) is 4.32. The summed E-state index contributed by atoms with van der Waals surface area (Å²) in [4.78, 5) is 0. The van der Waals surface area contributed by atoms with E-state index in [-0.39, 0.29) is 6.04 Å². The van der Waals surface area contributed by atoms with Crippen LogP contribution in [-0.4, -0.2) is 6.61 Å². The average Bonchev–Trinajstić information content (AvgIpc) is 2.31. The van der Waals surface area contributed by atoms with Crippen molar-refractivity contribution in [3.8, 4) is 5.75 Å². The molecule has 0 amide bonds. The summed E-state index contributed by atoms with van der Waals surface area (Å²) in [5.74, 6) is 0.833. The fourth-order valence-electron chi connectivity index (χ4n) is 1.30. The highest BCUT2D eigenvalue weighted by atomic mass is 127. The van der Waals surface area contributed by atoms with E-state index >= 15 is 0 Å². The third-order valence-corrected chi connectivity index (χ3v) is 2.96. The molecule has 12 heavy (non-hydrogen) atoms. The molecule has 1 aromatic carbocycles. The predicted molar refractivity (Wildman–Crippen MR) is 56.6 cm³/mol. The van der Waals surface area contributed by atoms with E-state index < -0.39 is 0 Å². The van der Waals surface area contributed by atoms with Crippen molar-refractivity contribution in [1.82, 2.24) is 0 Å². The second kappa shape index (κ2) is 3.05. The minimum Gasteiger partial charge on any atom is -0.491 e. The van der Waals surface area contributed by atoms with Crippen LogP contribution in [0.5, 0.6) is 5.75 Å². The number of nitrogens with two attached hydrogens (primary N) is 1. The summed E-state index contributed by atoms with van der Waals surface area (Å²) >= 11 is 8.07. The van der Waals surface area contributed by atoms with Gasteiger partial charge in [-0.2, -0.15) is 0 Å². The molecule has 1 aliphatic rings. The predicted octanol–water partition coefficient (Wildman–Crippen LogP) is 2.34.